The summed E-state index contributed by atoms with van der Waals surface area (Å²) in [5.41, 5.74) is -0.266. The second kappa shape index (κ2) is 9.64. The third-order valence-electron chi connectivity index (χ3n) is 6.68. The van der Waals surface area contributed by atoms with Gasteiger partial charge in [-0.2, -0.15) is 0 Å². The lowest BCUT2D eigenvalue weighted by atomic mass is 9.99. The highest BCUT2D eigenvalue weighted by Crippen LogP contribution is 2.29. The van der Waals surface area contributed by atoms with E-state index in [1.54, 1.807) is 6.92 Å². The van der Waals surface area contributed by atoms with E-state index in [1.807, 2.05) is 35.5 Å². The van der Waals surface area contributed by atoms with Gasteiger partial charge in [0.15, 0.2) is 0 Å². The normalized spacial score (nSPS) is 24.4. The fourth-order valence-electron chi connectivity index (χ4n) is 4.79. The Morgan fingerprint density at radius 1 is 1.10 bits per heavy atom. The van der Waals surface area contributed by atoms with Gasteiger partial charge in [0.1, 0.15) is 0 Å². The zero-order valence-corrected chi connectivity index (χ0v) is 19.1. The number of morpholine rings is 1. The van der Waals surface area contributed by atoms with E-state index in [4.69, 9.17) is 4.74 Å². The molecule has 170 valence electrons. The van der Waals surface area contributed by atoms with Crippen molar-refractivity contribution in [3.63, 3.8) is 0 Å². The molecule has 0 saturated carbocycles. The van der Waals surface area contributed by atoms with Crippen molar-refractivity contribution in [2.45, 2.75) is 58.5 Å². The summed E-state index contributed by atoms with van der Waals surface area (Å²) in [4.78, 5) is 45.9. The molecule has 0 bridgehead atoms. The van der Waals surface area contributed by atoms with Crippen LogP contribution in [0, 0.1) is 5.92 Å². The minimum absolute atomic E-state index is 0.0698. The molecule has 8 nitrogen and oxygen atoms in total. The van der Waals surface area contributed by atoms with Crippen molar-refractivity contribution in [2.24, 2.45) is 5.92 Å². The van der Waals surface area contributed by atoms with Crippen molar-refractivity contribution in [3.05, 3.63) is 0 Å². The van der Waals surface area contributed by atoms with Crippen LogP contribution in [0.3, 0.4) is 0 Å². The topological polar surface area (TPSA) is 73.4 Å². The minimum atomic E-state index is -0.271. The molecule has 30 heavy (non-hydrogen) atoms. The SMILES string of the molecule is CC(=O)N1CCC(N(CCN2CCOCC2)C(=O)[C@@H]2CC(=O)N(C(C)(C)C)C2)CC1. The minimum Gasteiger partial charge on any atom is -0.379 e. The van der Waals surface area contributed by atoms with Crippen molar-refractivity contribution < 1.29 is 19.1 Å². The first-order chi connectivity index (χ1) is 14.2. The van der Waals surface area contributed by atoms with Gasteiger partial charge < -0.3 is 19.4 Å². The Balaban J connectivity index is 1.67. The highest BCUT2D eigenvalue weighted by atomic mass is 16.5. The smallest absolute Gasteiger partial charge is 0.228 e. The summed E-state index contributed by atoms with van der Waals surface area (Å²) >= 11 is 0. The molecule has 8 heteroatoms. The number of carbonyl (C=O) groups excluding carboxylic acids is 3. The van der Waals surface area contributed by atoms with Gasteiger partial charge in [0.25, 0.3) is 0 Å². The molecule has 3 fully saturated rings. The Kier molecular flexibility index (Phi) is 7.39. The van der Waals surface area contributed by atoms with Gasteiger partial charge in [0.2, 0.25) is 17.7 Å². The second-order valence-electron chi connectivity index (χ2n) is 9.80. The maximum atomic E-state index is 13.6. The third-order valence-corrected chi connectivity index (χ3v) is 6.68. The second-order valence-corrected chi connectivity index (χ2v) is 9.80. The molecule has 0 aromatic rings. The van der Waals surface area contributed by atoms with Gasteiger partial charge in [-0.25, -0.2) is 0 Å². The predicted octanol–water partition coefficient (Wildman–Crippen LogP) is 0.805. The van der Waals surface area contributed by atoms with Crippen LogP contribution in [-0.2, 0) is 19.1 Å². The molecule has 3 aliphatic rings. The number of hydrogen-bond acceptors (Lipinski definition) is 5. The van der Waals surface area contributed by atoms with Crippen LogP contribution in [0.15, 0.2) is 0 Å². The van der Waals surface area contributed by atoms with E-state index >= 15 is 0 Å². The summed E-state index contributed by atoms with van der Waals surface area (Å²) < 4.78 is 5.44. The summed E-state index contributed by atoms with van der Waals surface area (Å²) in [7, 11) is 0. The highest BCUT2D eigenvalue weighted by Gasteiger charge is 2.42. The fourth-order valence-corrected chi connectivity index (χ4v) is 4.79. The molecule has 0 aromatic heterocycles. The Labute approximate surface area is 180 Å². The molecular weight excluding hydrogens is 384 g/mol. The first-order valence-electron chi connectivity index (χ1n) is 11.3. The van der Waals surface area contributed by atoms with Crippen molar-refractivity contribution in [3.8, 4) is 0 Å². The lowest BCUT2D eigenvalue weighted by Gasteiger charge is -2.40. The van der Waals surface area contributed by atoms with E-state index in [1.165, 1.54) is 0 Å². The average Bonchev–Trinajstić information content (AvgIpc) is 3.11. The number of nitrogens with zero attached hydrogens (tertiary/aromatic N) is 4. The first-order valence-corrected chi connectivity index (χ1v) is 11.3. The van der Waals surface area contributed by atoms with Crippen LogP contribution < -0.4 is 0 Å². The molecule has 3 amide bonds. The van der Waals surface area contributed by atoms with Crippen LogP contribution in [0.2, 0.25) is 0 Å². The van der Waals surface area contributed by atoms with Crippen molar-refractivity contribution >= 4 is 17.7 Å². The summed E-state index contributed by atoms with van der Waals surface area (Å²) in [6.45, 7) is 14.3. The van der Waals surface area contributed by atoms with Gasteiger partial charge in [0, 0.05) is 70.7 Å². The lowest BCUT2D eigenvalue weighted by Crippen LogP contribution is -2.53. The van der Waals surface area contributed by atoms with E-state index in [0.717, 1.165) is 45.7 Å². The molecule has 0 radical (unpaired) electrons. The number of piperidine rings is 1. The molecule has 0 N–H and O–H groups in total. The molecule has 0 aliphatic carbocycles. The zero-order chi connectivity index (χ0) is 21.9. The van der Waals surface area contributed by atoms with Gasteiger partial charge in [0.05, 0.1) is 19.1 Å². The predicted molar refractivity (Wildman–Crippen MR) is 114 cm³/mol. The average molecular weight is 423 g/mol. The quantitative estimate of drug-likeness (QED) is 0.655. The lowest BCUT2D eigenvalue weighted by molar-refractivity contribution is -0.140. The fraction of sp³-hybridized carbons (Fsp3) is 0.864. The highest BCUT2D eigenvalue weighted by molar-refractivity contribution is 5.89. The molecule has 3 rings (SSSR count). The van der Waals surface area contributed by atoms with Crippen LogP contribution >= 0.6 is 0 Å². The maximum absolute atomic E-state index is 13.6. The number of likely N-dealkylation sites (tertiary alicyclic amines) is 2. The molecule has 0 unspecified atom stereocenters. The van der Waals surface area contributed by atoms with Gasteiger partial charge in [-0.05, 0) is 33.6 Å². The van der Waals surface area contributed by atoms with E-state index in [-0.39, 0.29) is 35.2 Å². The Hall–Kier alpha value is -1.67. The van der Waals surface area contributed by atoms with Gasteiger partial charge >= 0.3 is 0 Å². The summed E-state index contributed by atoms with van der Waals surface area (Å²) in [5.74, 6) is -0.000819. The van der Waals surface area contributed by atoms with Crippen LogP contribution in [-0.4, -0.2) is 108 Å². The van der Waals surface area contributed by atoms with Crippen LogP contribution in [0.4, 0.5) is 0 Å². The van der Waals surface area contributed by atoms with E-state index < -0.39 is 0 Å². The molecule has 0 spiro atoms. The summed E-state index contributed by atoms with van der Waals surface area (Å²) in [6.07, 6.45) is 1.91. The maximum Gasteiger partial charge on any atom is 0.228 e. The van der Waals surface area contributed by atoms with Crippen LogP contribution in [0.25, 0.3) is 0 Å². The molecule has 3 aliphatic heterocycles. The number of rotatable bonds is 5. The van der Waals surface area contributed by atoms with E-state index in [9.17, 15) is 14.4 Å². The summed E-state index contributed by atoms with van der Waals surface area (Å²) in [6, 6.07) is 0.132. The van der Waals surface area contributed by atoms with Gasteiger partial charge in [-0.3, -0.25) is 19.3 Å². The Morgan fingerprint density at radius 3 is 2.27 bits per heavy atom. The molecule has 3 heterocycles. The molecule has 3 saturated heterocycles. The molecule has 1 atom stereocenters. The standard InChI is InChI=1S/C22H38N4O4/c1-17(27)24-7-5-19(6-8-24)25(10-9-23-11-13-30-14-12-23)21(29)18-15-20(28)26(16-18)22(2,3)4/h18-19H,5-16H2,1-4H3/t18-/m1/s1. The zero-order valence-electron chi connectivity index (χ0n) is 19.1. The number of ether oxygens (including phenoxy) is 1. The van der Waals surface area contributed by atoms with Crippen molar-refractivity contribution in [1.29, 1.82) is 0 Å². The largest absolute Gasteiger partial charge is 0.379 e. The Bertz CT molecular complexity index is 634. The van der Waals surface area contributed by atoms with E-state index in [0.29, 0.717) is 32.6 Å². The van der Waals surface area contributed by atoms with Crippen LogP contribution in [0.1, 0.15) is 47.0 Å². The van der Waals surface area contributed by atoms with Crippen molar-refractivity contribution in [2.75, 3.05) is 59.0 Å². The molecule has 0 aromatic carbocycles. The van der Waals surface area contributed by atoms with Crippen molar-refractivity contribution in [1.82, 2.24) is 19.6 Å². The first kappa shape index (κ1) is 23.0. The Morgan fingerprint density at radius 2 is 1.73 bits per heavy atom. The molecular formula is C22H38N4O4. The van der Waals surface area contributed by atoms with E-state index in [2.05, 4.69) is 4.90 Å². The van der Waals surface area contributed by atoms with Gasteiger partial charge in [-0.15, -0.1) is 0 Å². The number of hydrogen-bond donors (Lipinski definition) is 0. The third kappa shape index (κ3) is 5.52. The van der Waals surface area contributed by atoms with Gasteiger partial charge in [-0.1, -0.05) is 0 Å². The van der Waals surface area contributed by atoms with Crippen LogP contribution in [0.5, 0.6) is 0 Å². The number of amides is 3. The summed E-state index contributed by atoms with van der Waals surface area (Å²) in [5, 5.41) is 0. The number of carbonyl (C=O) groups is 3. The monoisotopic (exact) mass is 422 g/mol.